The molecule has 0 bridgehead atoms. The first-order valence-electron chi connectivity index (χ1n) is 10.1. The molecule has 164 valence electrons. The second-order valence-electron chi connectivity index (χ2n) is 7.75. The highest BCUT2D eigenvalue weighted by molar-refractivity contribution is 6.00. The zero-order chi connectivity index (χ0) is 22.1. The summed E-state index contributed by atoms with van der Waals surface area (Å²) in [5.41, 5.74) is 6.62. The van der Waals surface area contributed by atoms with E-state index < -0.39 is 29.6 Å². The van der Waals surface area contributed by atoms with Gasteiger partial charge in [0.25, 0.3) is 5.91 Å². The van der Waals surface area contributed by atoms with Crippen molar-refractivity contribution in [2.75, 3.05) is 18.1 Å². The zero-order valence-corrected chi connectivity index (χ0v) is 17.0. The predicted molar refractivity (Wildman–Crippen MR) is 111 cm³/mol. The maximum Gasteiger partial charge on any atom is 0.257 e. The lowest BCUT2D eigenvalue weighted by Gasteiger charge is -2.26. The first-order valence-corrected chi connectivity index (χ1v) is 10.1. The Morgan fingerprint density at radius 3 is 2.94 bits per heavy atom. The molecule has 1 unspecified atom stereocenters. The normalized spacial score (nSPS) is 18.4. The summed E-state index contributed by atoms with van der Waals surface area (Å²) in [5, 5.41) is 16.3. The monoisotopic (exact) mass is 430 g/mol. The van der Waals surface area contributed by atoms with Gasteiger partial charge in [-0.1, -0.05) is 0 Å². The lowest BCUT2D eigenvalue weighted by molar-refractivity contribution is 0.0909. The van der Waals surface area contributed by atoms with Gasteiger partial charge in [-0.15, -0.1) is 0 Å². The zero-order valence-electron chi connectivity index (χ0n) is 17.0. The highest BCUT2D eigenvalue weighted by atomic mass is 19.1. The van der Waals surface area contributed by atoms with Crippen molar-refractivity contribution < 1.29 is 18.7 Å². The molecule has 1 aliphatic heterocycles. The van der Waals surface area contributed by atoms with Gasteiger partial charge in [0, 0.05) is 24.3 Å². The van der Waals surface area contributed by atoms with Crippen molar-refractivity contribution in [3.63, 3.8) is 0 Å². The Balaban J connectivity index is 1.67. The molecule has 4 N–H and O–H groups in total. The van der Waals surface area contributed by atoms with Crippen LogP contribution in [0.2, 0.25) is 0 Å². The van der Waals surface area contributed by atoms with Crippen LogP contribution < -0.4 is 16.0 Å². The van der Waals surface area contributed by atoms with Crippen LogP contribution in [0.25, 0.3) is 5.65 Å². The maximum atomic E-state index is 14.4. The van der Waals surface area contributed by atoms with Gasteiger partial charge >= 0.3 is 0 Å². The quantitative estimate of drug-likeness (QED) is 0.550. The second kappa shape index (κ2) is 8.56. The fraction of sp³-hybridized carbons (Fsp3) is 0.381. The Morgan fingerprint density at radius 1 is 1.39 bits per heavy atom. The minimum absolute atomic E-state index is 0.230. The molecular formula is C21H24F2N6O2. The molecule has 0 aliphatic carbocycles. The Bertz CT molecular complexity index is 1100. The molecule has 3 heterocycles. The van der Waals surface area contributed by atoms with E-state index in [1.807, 2.05) is 4.90 Å². The van der Waals surface area contributed by atoms with Crippen LogP contribution in [-0.2, 0) is 0 Å². The SMILES string of the molecule is C[C@H](N)[C@H](CO)NC(=O)c1cnn2ccc(N3CCCC3c3cc(F)ccc3F)nc12. The summed E-state index contributed by atoms with van der Waals surface area (Å²) < 4.78 is 29.6. The van der Waals surface area contributed by atoms with Gasteiger partial charge in [-0.2, -0.15) is 5.10 Å². The molecule has 3 aromatic rings. The molecule has 1 saturated heterocycles. The van der Waals surface area contributed by atoms with E-state index in [0.29, 0.717) is 24.4 Å². The van der Waals surface area contributed by atoms with E-state index in [2.05, 4.69) is 15.4 Å². The molecule has 2 aromatic heterocycles. The smallest absolute Gasteiger partial charge is 0.257 e. The molecule has 31 heavy (non-hydrogen) atoms. The summed E-state index contributed by atoms with van der Waals surface area (Å²) in [4.78, 5) is 19.2. The number of hydrogen-bond acceptors (Lipinski definition) is 6. The number of carbonyl (C=O) groups is 1. The molecule has 8 nitrogen and oxygen atoms in total. The molecule has 4 rings (SSSR count). The second-order valence-corrected chi connectivity index (χ2v) is 7.75. The van der Waals surface area contributed by atoms with Crippen molar-refractivity contribution >= 4 is 17.4 Å². The van der Waals surface area contributed by atoms with E-state index in [9.17, 15) is 18.7 Å². The van der Waals surface area contributed by atoms with E-state index in [0.717, 1.165) is 18.6 Å². The van der Waals surface area contributed by atoms with Gasteiger partial charge in [0.05, 0.1) is 24.9 Å². The van der Waals surface area contributed by atoms with Crippen molar-refractivity contribution in [2.45, 2.75) is 37.9 Å². The third-order valence-electron chi connectivity index (χ3n) is 5.61. The number of aromatic nitrogens is 3. The molecule has 1 aliphatic rings. The molecule has 1 aromatic carbocycles. The summed E-state index contributed by atoms with van der Waals surface area (Å²) in [6.07, 6.45) is 4.52. The molecule has 1 fully saturated rings. The van der Waals surface area contributed by atoms with E-state index in [1.165, 1.54) is 16.8 Å². The summed E-state index contributed by atoms with van der Waals surface area (Å²) in [7, 11) is 0. The highest BCUT2D eigenvalue weighted by Gasteiger charge is 2.30. The number of hydrogen-bond donors (Lipinski definition) is 3. The first-order chi connectivity index (χ1) is 14.9. The number of carbonyl (C=O) groups excluding carboxylic acids is 1. The molecule has 0 radical (unpaired) electrons. The average molecular weight is 430 g/mol. The lowest BCUT2D eigenvalue weighted by Crippen LogP contribution is -2.48. The van der Waals surface area contributed by atoms with Gasteiger partial charge in [-0.25, -0.2) is 18.3 Å². The van der Waals surface area contributed by atoms with Gasteiger partial charge in [-0.05, 0) is 44.0 Å². The van der Waals surface area contributed by atoms with E-state index in [-0.39, 0.29) is 23.8 Å². The Kier molecular flexibility index (Phi) is 5.84. The number of aliphatic hydroxyl groups excluding tert-OH is 1. The average Bonchev–Trinajstić information content (AvgIpc) is 3.40. The van der Waals surface area contributed by atoms with Crippen molar-refractivity contribution in [3.8, 4) is 0 Å². The number of halogens is 2. The minimum Gasteiger partial charge on any atom is -0.394 e. The van der Waals surface area contributed by atoms with Gasteiger partial charge in [0.1, 0.15) is 23.0 Å². The number of nitrogens with two attached hydrogens (primary N) is 1. The molecule has 0 saturated carbocycles. The molecule has 0 spiro atoms. The summed E-state index contributed by atoms with van der Waals surface area (Å²) >= 11 is 0. The number of benzene rings is 1. The van der Waals surface area contributed by atoms with Gasteiger partial charge < -0.3 is 21.1 Å². The van der Waals surface area contributed by atoms with Crippen molar-refractivity contribution in [1.82, 2.24) is 19.9 Å². The number of rotatable bonds is 6. The number of nitrogens with zero attached hydrogens (tertiary/aromatic N) is 4. The number of anilines is 1. The van der Waals surface area contributed by atoms with E-state index >= 15 is 0 Å². The summed E-state index contributed by atoms with van der Waals surface area (Å²) in [6, 6.07) is 3.78. The number of nitrogens with one attached hydrogen (secondary N) is 1. The van der Waals surface area contributed by atoms with E-state index in [1.54, 1.807) is 19.2 Å². The third kappa shape index (κ3) is 4.08. The Hall–Kier alpha value is -3.11. The topological polar surface area (TPSA) is 109 Å². The Labute approximate surface area is 177 Å². The fourth-order valence-electron chi connectivity index (χ4n) is 3.90. The summed E-state index contributed by atoms with van der Waals surface area (Å²) in [6.45, 7) is 2.01. The maximum absolute atomic E-state index is 14.4. The van der Waals surface area contributed by atoms with Crippen LogP contribution in [0, 0.1) is 11.6 Å². The van der Waals surface area contributed by atoms with Crippen LogP contribution in [0.15, 0.2) is 36.7 Å². The number of aliphatic hydroxyl groups is 1. The van der Waals surface area contributed by atoms with Crippen LogP contribution in [0.1, 0.15) is 41.7 Å². The highest BCUT2D eigenvalue weighted by Crippen LogP contribution is 2.36. The van der Waals surface area contributed by atoms with Crippen LogP contribution in [0.4, 0.5) is 14.6 Å². The van der Waals surface area contributed by atoms with Gasteiger partial charge in [0.2, 0.25) is 0 Å². The predicted octanol–water partition coefficient (Wildman–Crippen LogP) is 1.79. The van der Waals surface area contributed by atoms with Crippen LogP contribution in [0.5, 0.6) is 0 Å². The fourth-order valence-corrected chi connectivity index (χ4v) is 3.90. The van der Waals surface area contributed by atoms with Crippen LogP contribution in [0.3, 0.4) is 0 Å². The molecule has 3 atom stereocenters. The van der Waals surface area contributed by atoms with Crippen molar-refractivity contribution in [2.24, 2.45) is 5.73 Å². The molecular weight excluding hydrogens is 406 g/mol. The van der Waals surface area contributed by atoms with Crippen LogP contribution >= 0.6 is 0 Å². The number of amides is 1. The van der Waals surface area contributed by atoms with Gasteiger partial charge in [0.15, 0.2) is 5.65 Å². The lowest BCUT2D eigenvalue weighted by atomic mass is 10.0. The van der Waals surface area contributed by atoms with Crippen molar-refractivity contribution in [3.05, 3.63) is 59.4 Å². The molecule has 1 amide bonds. The standard InChI is InChI=1S/C21H24F2N6O2/c1-12(24)17(11-30)26-21(31)15-10-25-29-8-6-19(27-20(15)29)28-7-2-3-18(28)14-9-13(22)4-5-16(14)23/h4-6,8-10,12,17-18,30H,2-3,7,11,24H2,1H3,(H,26,31)/t12-,17-,18?/m0/s1. The largest absolute Gasteiger partial charge is 0.394 e. The van der Waals surface area contributed by atoms with E-state index in [4.69, 9.17) is 5.73 Å². The number of fused-ring (bicyclic) bond motifs is 1. The third-order valence-corrected chi connectivity index (χ3v) is 5.61. The minimum atomic E-state index is -0.607. The molecule has 10 heteroatoms. The van der Waals surface area contributed by atoms with Crippen LogP contribution in [-0.4, -0.2) is 50.8 Å². The van der Waals surface area contributed by atoms with Crippen molar-refractivity contribution in [1.29, 1.82) is 0 Å². The van der Waals surface area contributed by atoms with Gasteiger partial charge in [-0.3, -0.25) is 4.79 Å². The summed E-state index contributed by atoms with van der Waals surface area (Å²) in [5.74, 6) is -0.868. The first kappa shape index (κ1) is 21.1. The Morgan fingerprint density at radius 2 is 2.19 bits per heavy atom.